The lowest BCUT2D eigenvalue weighted by Gasteiger charge is -2.09. The molecule has 1 amide bonds. The molecule has 0 radical (unpaired) electrons. The molecule has 13 heavy (non-hydrogen) atoms. The van der Waals surface area contributed by atoms with Crippen LogP contribution in [0.2, 0.25) is 0 Å². The number of hydrogen-bond donors (Lipinski definition) is 0. The molecule has 0 spiro atoms. The highest BCUT2D eigenvalue weighted by Crippen LogP contribution is 2.09. The van der Waals surface area contributed by atoms with E-state index in [0.29, 0.717) is 19.0 Å². The predicted octanol–water partition coefficient (Wildman–Crippen LogP) is 0.156. The first kappa shape index (κ1) is 8.18. The number of aromatic nitrogens is 2. The summed E-state index contributed by atoms with van der Waals surface area (Å²) in [5.41, 5.74) is 0. The SMILES string of the molecule is Cc1noc(C(=O)N2CCCO2)n1. The van der Waals surface area contributed by atoms with Gasteiger partial charge >= 0.3 is 11.8 Å². The van der Waals surface area contributed by atoms with Gasteiger partial charge in [-0.2, -0.15) is 4.98 Å². The number of carbonyl (C=O) groups excluding carboxylic acids is 1. The summed E-state index contributed by atoms with van der Waals surface area (Å²) in [6, 6.07) is 0. The molecule has 1 aliphatic heterocycles. The van der Waals surface area contributed by atoms with Crippen LogP contribution in [0, 0.1) is 6.92 Å². The lowest BCUT2D eigenvalue weighted by Crippen LogP contribution is -2.26. The molecule has 6 heteroatoms. The Kier molecular flexibility index (Phi) is 1.97. The zero-order valence-corrected chi connectivity index (χ0v) is 7.19. The Balaban J connectivity index is 2.12. The Labute approximate surface area is 74.4 Å². The Morgan fingerprint density at radius 1 is 1.62 bits per heavy atom. The summed E-state index contributed by atoms with van der Waals surface area (Å²) < 4.78 is 4.71. The first-order chi connectivity index (χ1) is 6.27. The first-order valence-corrected chi connectivity index (χ1v) is 4.02. The zero-order chi connectivity index (χ0) is 9.26. The molecule has 0 saturated carbocycles. The Bertz CT molecular complexity index is 317. The van der Waals surface area contributed by atoms with Crippen LogP contribution >= 0.6 is 0 Å². The molecule has 1 aliphatic rings. The van der Waals surface area contributed by atoms with Crippen molar-refractivity contribution < 1.29 is 14.2 Å². The van der Waals surface area contributed by atoms with E-state index in [9.17, 15) is 4.79 Å². The van der Waals surface area contributed by atoms with Crippen molar-refractivity contribution in [2.75, 3.05) is 13.2 Å². The van der Waals surface area contributed by atoms with E-state index in [4.69, 9.17) is 9.36 Å². The van der Waals surface area contributed by atoms with E-state index in [1.54, 1.807) is 6.92 Å². The average Bonchev–Trinajstić information content (AvgIpc) is 2.72. The fraction of sp³-hybridized carbons (Fsp3) is 0.571. The van der Waals surface area contributed by atoms with E-state index in [2.05, 4.69) is 10.1 Å². The molecule has 1 aromatic rings. The van der Waals surface area contributed by atoms with Crippen molar-refractivity contribution >= 4 is 5.91 Å². The second-order valence-electron chi connectivity index (χ2n) is 2.74. The molecule has 0 N–H and O–H groups in total. The summed E-state index contributed by atoms with van der Waals surface area (Å²) in [6.45, 7) is 2.81. The van der Waals surface area contributed by atoms with E-state index >= 15 is 0 Å². The molecule has 0 aromatic carbocycles. The van der Waals surface area contributed by atoms with Gasteiger partial charge in [-0.1, -0.05) is 5.16 Å². The van der Waals surface area contributed by atoms with E-state index in [-0.39, 0.29) is 11.8 Å². The van der Waals surface area contributed by atoms with Gasteiger partial charge in [0.2, 0.25) is 0 Å². The number of aryl methyl sites for hydroxylation is 1. The van der Waals surface area contributed by atoms with Gasteiger partial charge in [0.25, 0.3) is 0 Å². The molecule has 1 saturated heterocycles. The van der Waals surface area contributed by atoms with Crippen molar-refractivity contribution in [2.24, 2.45) is 0 Å². The van der Waals surface area contributed by atoms with Gasteiger partial charge in [0, 0.05) is 0 Å². The summed E-state index contributed by atoms with van der Waals surface area (Å²) in [5, 5.41) is 4.76. The molecule has 0 unspecified atom stereocenters. The Hall–Kier alpha value is -1.43. The lowest BCUT2D eigenvalue weighted by atomic mass is 10.4. The standard InChI is InChI=1S/C7H9N3O3/c1-5-8-6(13-9-5)7(11)10-3-2-4-12-10/h2-4H2,1H3. The molecule has 1 fully saturated rings. The minimum absolute atomic E-state index is 0.0144. The van der Waals surface area contributed by atoms with Crippen LogP contribution in [0.3, 0.4) is 0 Å². The van der Waals surface area contributed by atoms with Crippen LogP contribution in [0.15, 0.2) is 4.52 Å². The van der Waals surface area contributed by atoms with E-state index in [1.807, 2.05) is 0 Å². The van der Waals surface area contributed by atoms with Crippen molar-refractivity contribution in [1.29, 1.82) is 0 Å². The van der Waals surface area contributed by atoms with E-state index < -0.39 is 0 Å². The maximum Gasteiger partial charge on any atom is 0.335 e. The summed E-state index contributed by atoms with van der Waals surface area (Å²) >= 11 is 0. The molecule has 2 rings (SSSR count). The lowest BCUT2D eigenvalue weighted by molar-refractivity contribution is -0.0792. The molecular weight excluding hydrogens is 174 g/mol. The van der Waals surface area contributed by atoms with Gasteiger partial charge in [0.1, 0.15) is 0 Å². The van der Waals surface area contributed by atoms with Crippen molar-refractivity contribution in [3.05, 3.63) is 11.7 Å². The number of nitrogens with zero attached hydrogens (tertiary/aromatic N) is 3. The highest BCUT2D eigenvalue weighted by molar-refractivity contribution is 5.88. The normalized spacial score (nSPS) is 16.5. The number of rotatable bonds is 1. The summed E-state index contributed by atoms with van der Waals surface area (Å²) in [6.07, 6.45) is 0.846. The largest absolute Gasteiger partial charge is 0.335 e. The van der Waals surface area contributed by atoms with Gasteiger partial charge in [-0.25, -0.2) is 5.06 Å². The van der Waals surface area contributed by atoms with Crippen LogP contribution in [0.1, 0.15) is 22.9 Å². The molecule has 0 bridgehead atoms. The average molecular weight is 183 g/mol. The minimum Gasteiger partial charge on any atom is -0.328 e. The molecule has 6 nitrogen and oxygen atoms in total. The fourth-order valence-corrected chi connectivity index (χ4v) is 1.10. The first-order valence-electron chi connectivity index (χ1n) is 4.02. The van der Waals surface area contributed by atoms with Crippen LogP contribution in [-0.2, 0) is 4.84 Å². The predicted molar refractivity (Wildman–Crippen MR) is 40.6 cm³/mol. The van der Waals surface area contributed by atoms with Crippen LogP contribution < -0.4 is 0 Å². The Morgan fingerprint density at radius 3 is 3.00 bits per heavy atom. The third-order valence-electron chi connectivity index (χ3n) is 1.69. The van der Waals surface area contributed by atoms with Crippen molar-refractivity contribution in [1.82, 2.24) is 15.2 Å². The smallest absolute Gasteiger partial charge is 0.328 e. The molecule has 0 aliphatic carbocycles. The van der Waals surface area contributed by atoms with Crippen molar-refractivity contribution in [3.8, 4) is 0 Å². The van der Waals surface area contributed by atoms with Crippen molar-refractivity contribution in [3.63, 3.8) is 0 Å². The maximum atomic E-state index is 11.5. The highest BCUT2D eigenvalue weighted by Gasteiger charge is 2.25. The number of amides is 1. The van der Waals surface area contributed by atoms with Gasteiger partial charge in [0.05, 0.1) is 13.2 Å². The number of hydrogen-bond acceptors (Lipinski definition) is 5. The minimum atomic E-state index is -0.363. The fourth-order valence-electron chi connectivity index (χ4n) is 1.10. The highest BCUT2D eigenvalue weighted by atomic mass is 16.7. The van der Waals surface area contributed by atoms with Gasteiger partial charge in [-0.3, -0.25) is 9.63 Å². The topological polar surface area (TPSA) is 68.5 Å². The summed E-state index contributed by atoms with van der Waals surface area (Å²) in [7, 11) is 0. The monoisotopic (exact) mass is 183 g/mol. The molecule has 1 aromatic heterocycles. The summed E-state index contributed by atoms with van der Waals surface area (Å²) in [5.74, 6) is 0.0695. The van der Waals surface area contributed by atoms with E-state index in [1.165, 1.54) is 5.06 Å². The Morgan fingerprint density at radius 2 is 2.46 bits per heavy atom. The van der Waals surface area contributed by atoms with Crippen LogP contribution in [-0.4, -0.2) is 34.3 Å². The van der Waals surface area contributed by atoms with Gasteiger partial charge in [-0.15, -0.1) is 0 Å². The van der Waals surface area contributed by atoms with Gasteiger partial charge in [0.15, 0.2) is 5.82 Å². The molecule has 70 valence electrons. The number of carbonyl (C=O) groups is 1. The quantitative estimate of drug-likeness (QED) is 0.620. The molecular formula is C7H9N3O3. The van der Waals surface area contributed by atoms with Crippen molar-refractivity contribution in [2.45, 2.75) is 13.3 Å². The van der Waals surface area contributed by atoms with Crippen LogP contribution in [0.5, 0.6) is 0 Å². The van der Waals surface area contributed by atoms with Crippen LogP contribution in [0.4, 0.5) is 0 Å². The van der Waals surface area contributed by atoms with Gasteiger partial charge < -0.3 is 4.52 Å². The summed E-state index contributed by atoms with van der Waals surface area (Å²) in [4.78, 5) is 20.3. The zero-order valence-electron chi connectivity index (χ0n) is 7.19. The molecule has 2 heterocycles. The second kappa shape index (κ2) is 3.14. The third-order valence-corrected chi connectivity index (χ3v) is 1.69. The molecule has 0 atom stereocenters. The van der Waals surface area contributed by atoms with Crippen LogP contribution in [0.25, 0.3) is 0 Å². The van der Waals surface area contributed by atoms with Gasteiger partial charge in [-0.05, 0) is 13.3 Å². The third kappa shape index (κ3) is 1.52. The van der Waals surface area contributed by atoms with E-state index in [0.717, 1.165) is 6.42 Å². The second-order valence-corrected chi connectivity index (χ2v) is 2.74. The number of hydroxylamine groups is 2. The maximum absolute atomic E-state index is 11.5.